The molecule has 6 heteroatoms. The third-order valence-corrected chi connectivity index (χ3v) is 3.69. The van der Waals surface area contributed by atoms with Gasteiger partial charge in [-0.3, -0.25) is 4.79 Å². The van der Waals surface area contributed by atoms with E-state index in [2.05, 4.69) is 45.1 Å². The number of benzene rings is 1. The van der Waals surface area contributed by atoms with Crippen LogP contribution in [0.5, 0.6) is 0 Å². The molecule has 2 aromatic rings. The van der Waals surface area contributed by atoms with E-state index < -0.39 is 0 Å². The standard InChI is InChI=1S/C15H15ClIN3O/c1-2-6-18-14-13(16)7-10(9-19-14)15(21)20-12-5-3-4-11(17)8-12/h3-5,7-9H,2,6H2,1H3,(H,18,19)(H,20,21). The first-order valence-electron chi connectivity index (χ1n) is 6.56. The lowest BCUT2D eigenvalue weighted by molar-refractivity contribution is 0.102. The number of pyridine rings is 1. The molecule has 1 aromatic heterocycles. The molecule has 21 heavy (non-hydrogen) atoms. The Balaban J connectivity index is 2.11. The third kappa shape index (κ3) is 4.57. The summed E-state index contributed by atoms with van der Waals surface area (Å²) >= 11 is 8.33. The number of carbonyl (C=O) groups is 1. The fourth-order valence-electron chi connectivity index (χ4n) is 1.71. The molecule has 1 heterocycles. The SMILES string of the molecule is CCCNc1ncc(C(=O)Nc2cccc(I)c2)cc1Cl. The van der Waals surface area contributed by atoms with Gasteiger partial charge in [-0.1, -0.05) is 24.6 Å². The van der Waals surface area contributed by atoms with Crippen molar-refractivity contribution < 1.29 is 4.79 Å². The van der Waals surface area contributed by atoms with Gasteiger partial charge in [-0.15, -0.1) is 0 Å². The van der Waals surface area contributed by atoms with E-state index in [0.717, 1.165) is 22.2 Å². The maximum absolute atomic E-state index is 12.2. The van der Waals surface area contributed by atoms with Crippen molar-refractivity contribution in [1.29, 1.82) is 0 Å². The monoisotopic (exact) mass is 415 g/mol. The minimum absolute atomic E-state index is 0.228. The number of nitrogens with zero attached hydrogens (tertiary/aromatic N) is 1. The highest BCUT2D eigenvalue weighted by atomic mass is 127. The summed E-state index contributed by atoms with van der Waals surface area (Å²) in [5.41, 5.74) is 1.18. The first-order chi connectivity index (χ1) is 10.1. The van der Waals surface area contributed by atoms with Crippen LogP contribution < -0.4 is 10.6 Å². The Labute approximate surface area is 142 Å². The molecular formula is C15H15ClIN3O. The van der Waals surface area contributed by atoms with E-state index >= 15 is 0 Å². The maximum Gasteiger partial charge on any atom is 0.257 e. The van der Waals surface area contributed by atoms with E-state index in [1.165, 1.54) is 6.20 Å². The Kier molecular flexibility index (Phi) is 5.81. The molecule has 0 atom stereocenters. The van der Waals surface area contributed by atoms with Crippen LogP contribution in [0.2, 0.25) is 5.02 Å². The number of carbonyl (C=O) groups excluding carboxylic acids is 1. The summed E-state index contributed by atoms with van der Waals surface area (Å²) in [6.45, 7) is 2.85. The number of rotatable bonds is 5. The molecule has 0 bridgehead atoms. The smallest absolute Gasteiger partial charge is 0.257 e. The molecule has 0 radical (unpaired) electrons. The second kappa shape index (κ2) is 7.61. The zero-order valence-corrected chi connectivity index (χ0v) is 14.4. The molecule has 1 amide bonds. The average Bonchev–Trinajstić information content (AvgIpc) is 2.46. The largest absolute Gasteiger partial charge is 0.369 e. The Hall–Kier alpha value is -1.34. The molecule has 4 nitrogen and oxygen atoms in total. The highest BCUT2D eigenvalue weighted by molar-refractivity contribution is 14.1. The average molecular weight is 416 g/mol. The molecule has 110 valence electrons. The summed E-state index contributed by atoms with van der Waals surface area (Å²) in [4.78, 5) is 16.4. The van der Waals surface area contributed by atoms with Crippen LogP contribution in [0.3, 0.4) is 0 Å². The summed E-state index contributed by atoms with van der Waals surface area (Å²) in [5, 5.41) is 6.38. The first-order valence-corrected chi connectivity index (χ1v) is 8.02. The Morgan fingerprint density at radius 3 is 2.86 bits per heavy atom. The van der Waals surface area contributed by atoms with Crippen molar-refractivity contribution in [3.63, 3.8) is 0 Å². The Morgan fingerprint density at radius 1 is 1.38 bits per heavy atom. The summed E-state index contributed by atoms with van der Waals surface area (Å²) < 4.78 is 1.06. The molecule has 0 aliphatic rings. The Bertz CT molecular complexity index is 649. The van der Waals surface area contributed by atoms with Crippen LogP contribution in [0.1, 0.15) is 23.7 Å². The number of nitrogens with one attached hydrogen (secondary N) is 2. The van der Waals surface area contributed by atoms with Crippen LogP contribution in [-0.4, -0.2) is 17.4 Å². The van der Waals surface area contributed by atoms with E-state index in [4.69, 9.17) is 11.6 Å². The lowest BCUT2D eigenvalue weighted by Crippen LogP contribution is -2.13. The van der Waals surface area contributed by atoms with Crippen molar-refractivity contribution in [2.45, 2.75) is 13.3 Å². The minimum Gasteiger partial charge on any atom is -0.369 e. The lowest BCUT2D eigenvalue weighted by atomic mass is 10.2. The maximum atomic E-state index is 12.2. The van der Waals surface area contributed by atoms with Crippen LogP contribution in [-0.2, 0) is 0 Å². The van der Waals surface area contributed by atoms with Gasteiger partial charge in [0.2, 0.25) is 0 Å². The van der Waals surface area contributed by atoms with E-state index in [1.54, 1.807) is 6.07 Å². The van der Waals surface area contributed by atoms with Crippen molar-refractivity contribution in [3.05, 3.63) is 50.7 Å². The van der Waals surface area contributed by atoms with Crippen molar-refractivity contribution in [2.24, 2.45) is 0 Å². The van der Waals surface area contributed by atoms with E-state index in [-0.39, 0.29) is 5.91 Å². The van der Waals surface area contributed by atoms with Gasteiger partial charge in [0.25, 0.3) is 5.91 Å². The van der Waals surface area contributed by atoms with Gasteiger partial charge in [0.05, 0.1) is 10.6 Å². The summed E-state index contributed by atoms with van der Waals surface area (Å²) in [6, 6.07) is 9.20. The topological polar surface area (TPSA) is 54.0 Å². The molecule has 0 fully saturated rings. The van der Waals surface area contributed by atoms with E-state index in [9.17, 15) is 4.79 Å². The van der Waals surface area contributed by atoms with Crippen LogP contribution in [0, 0.1) is 3.57 Å². The van der Waals surface area contributed by atoms with Crippen molar-refractivity contribution >= 4 is 51.6 Å². The van der Waals surface area contributed by atoms with Crippen LogP contribution in [0.15, 0.2) is 36.5 Å². The molecule has 2 N–H and O–H groups in total. The molecule has 0 aliphatic heterocycles. The fourth-order valence-corrected chi connectivity index (χ4v) is 2.48. The molecule has 0 saturated heterocycles. The van der Waals surface area contributed by atoms with Crippen LogP contribution in [0.25, 0.3) is 0 Å². The summed E-state index contributed by atoms with van der Waals surface area (Å²) in [7, 11) is 0. The number of anilines is 2. The van der Waals surface area contributed by atoms with Gasteiger partial charge < -0.3 is 10.6 Å². The zero-order valence-electron chi connectivity index (χ0n) is 11.5. The molecule has 2 rings (SSSR count). The second-order valence-electron chi connectivity index (χ2n) is 4.45. The number of halogens is 2. The third-order valence-electron chi connectivity index (χ3n) is 2.73. The molecule has 0 spiro atoms. The van der Waals surface area contributed by atoms with Crippen LogP contribution >= 0.6 is 34.2 Å². The zero-order chi connectivity index (χ0) is 15.2. The van der Waals surface area contributed by atoms with E-state index in [1.807, 2.05) is 24.3 Å². The lowest BCUT2D eigenvalue weighted by Gasteiger charge is -2.09. The van der Waals surface area contributed by atoms with Gasteiger partial charge in [0, 0.05) is 22.0 Å². The predicted octanol–water partition coefficient (Wildman–Crippen LogP) is 4.41. The van der Waals surface area contributed by atoms with E-state index in [0.29, 0.717) is 16.4 Å². The summed E-state index contributed by atoms with van der Waals surface area (Å²) in [6.07, 6.45) is 2.50. The predicted molar refractivity (Wildman–Crippen MR) is 95.1 cm³/mol. The summed E-state index contributed by atoms with van der Waals surface area (Å²) in [5.74, 6) is 0.373. The molecular weight excluding hydrogens is 401 g/mol. The normalized spacial score (nSPS) is 10.2. The number of hydrogen-bond donors (Lipinski definition) is 2. The van der Waals surface area contributed by atoms with Crippen molar-refractivity contribution in [3.8, 4) is 0 Å². The molecule has 0 saturated carbocycles. The first kappa shape index (κ1) is 16.0. The quantitative estimate of drug-likeness (QED) is 0.711. The van der Waals surface area contributed by atoms with Gasteiger partial charge in [-0.05, 0) is 53.3 Å². The van der Waals surface area contributed by atoms with Crippen molar-refractivity contribution in [2.75, 3.05) is 17.2 Å². The van der Waals surface area contributed by atoms with Gasteiger partial charge in [-0.2, -0.15) is 0 Å². The highest BCUT2D eigenvalue weighted by Gasteiger charge is 2.10. The van der Waals surface area contributed by atoms with Gasteiger partial charge in [-0.25, -0.2) is 4.98 Å². The minimum atomic E-state index is -0.228. The highest BCUT2D eigenvalue weighted by Crippen LogP contribution is 2.21. The van der Waals surface area contributed by atoms with Gasteiger partial charge >= 0.3 is 0 Å². The second-order valence-corrected chi connectivity index (χ2v) is 6.10. The molecule has 0 aliphatic carbocycles. The number of hydrogen-bond acceptors (Lipinski definition) is 3. The number of aromatic nitrogens is 1. The van der Waals surface area contributed by atoms with Crippen LogP contribution in [0.4, 0.5) is 11.5 Å². The molecule has 1 aromatic carbocycles. The van der Waals surface area contributed by atoms with Crippen molar-refractivity contribution in [1.82, 2.24) is 4.98 Å². The fraction of sp³-hybridized carbons (Fsp3) is 0.200. The molecule has 0 unspecified atom stereocenters. The van der Waals surface area contributed by atoms with Gasteiger partial charge in [0.1, 0.15) is 5.82 Å². The van der Waals surface area contributed by atoms with Gasteiger partial charge in [0.15, 0.2) is 0 Å². The Morgan fingerprint density at radius 2 is 2.19 bits per heavy atom. The number of amides is 1.